The van der Waals surface area contributed by atoms with Crippen molar-refractivity contribution in [2.45, 2.75) is 12.5 Å². The topological polar surface area (TPSA) is 58.9 Å². The van der Waals surface area contributed by atoms with Gasteiger partial charge in [0.15, 0.2) is 0 Å². The molecular formula is C11H10BrNO3. The van der Waals surface area contributed by atoms with Gasteiger partial charge in [0.1, 0.15) is 6.61 Å². The van der Waals surface area contributed by atoms with Crippen molar-refractivity contribution in [3.05, 3.63) is 34.3 Å². The Morgan fingerprint density at radius 3 is 3.12 bits per heavy atom. The highest BCUT2D eigenvalue weighted by Gasteiger charge is 2.22. The van der Waals surface area contributed by atoms with Gasteiger partial charge in [-0.15, -0.1) is 0 Å². The zero-order chi connectivity index (χ0) is 11.5. The summed E-state index contributed by atoms with van der Waals surface area (Å²) < 4.78 is 6.32. The van der Waals surface area contributed by atoms with Gasteiger partial charge in [0.05, 0.1) is 12.5 Å². The second-order valence-electron chi connectivity index (χ2n) is 3.51. The molecular weight excluding hydrogens is 274 g/mol. The van der Waals surface area contributed by atoms with Gasteiger partial charge in [-0.3, -0.25) is 4.79 Å². The van der Waals surface area contributed by atoms with E-state index >= 15 is 0 Å². The first kappa shape index (κ1) is 11.1. The van der Waals surface area contributed by atoms with E-state index in [1.54, 1.807) is 0 Å². The molecule has 1 aliphatic rings. The van der Waals surface area contributed by atoms with Crippen LogP contribution in [0.2, 0.25) is 0 Å². The van der Waals surface area contributed by atoms with Crippen LogP contribution in [-0.4, -0.2) is 29.6 Å². The third-order valence-electron chi connectivity index (χ3n) is 2.19. The fourth-order valence-corrected chi connectivity index (χ4v) is 1.90. The molecule has 0 amide bonds. The largest absolute Gasteiger partial charge is 0.481 e. The summed E-state index contributed by atoms with van der Waals surface area (Å²) in [6, 6.07) is 7.30. The number of hydrogen-bond donors (Lipinski definition) is 1. The van der Waals surface area contributed by atoms with Crippen molar-refractivity contribution >= 4 is 27.8 Å². The van der Waals surface area contributed by atoms with Crippen LogP contribution in [0.4, 0.5) is 0 Å². The molecule has 1 N–H and O–H groups in total. The minimum atomic E-state index is -0.854. The van der Waals surface area contributed by atoms with E-state index in [-0.39, 0.29) is 12.5 Å². The van der Waals surface area contributed by atoms with Crippen LogP contribution in [0.5, 0.6) is 0 Å². The van der Waals surface area contributed by atoms with Crippen LogP contribution in [0.25, 0.3) is 0 Å². The van der Waals surface area contributed by atoms with Crippen LogP contribution in [0, 0.1) is 0 Å². The molecule has 16 heavy (non-hydrogen) atoms. The lowest BCUT2D eigenvalue weighted by atomic mass is 10.2. The predicted octanol–water partition coefficient (Wildman–Crippen LogP) is 2.07. The van der Waals surface area contributed by atoms with Crippen molar-refractivity contribution in [2.24, 2.45) is 4.99 Å². The van der Waals surface area contributed by atoms with Gasteiger partial charge in [-0.1, -0.05) is 22.0 Å². The molecule has 1 aromatic rings. The van der Waals surface area contributed by atoms with Crippen molar-refractivity contribution in [1.29, 1.82) is 0 Å². The molecule has 0 bridgehead atoms. The lowest BCUT2D eigenvalue weighted by Gasteiger charge is -2.00. The summed E-state index contributed by atoms with van der Waals surface area (Å²) in [5.41, 5.74) is 0.863. The Bertz CT molecular complexity index is 445. The summed E-state index contributed by atoms with van der Waals surface area (Å²) >= 11 is 3.36. The number of nitrogens with zero attached hydrogens (tertiary/aromatic N) is 1. The molecule has 5 heteroatoms. The van der Waals surface area contributed by atoms with E-state index in [1.807, 2.05) is 24.3 Å². The number of aliphatic carboxylic acids is 1. The Hall–Kier alpha value is -1.36. The fraction of sp³-hybridized carbons (Fsp3) is 0.273. The van der Waals surface area contributed by atoms with E-state index in [1.165, 1.54) is 0 Å². The van der Waals surface area contributed by atoms with Crippen LogP contribution in [0.1, 0.15) is 12.0 Å². The summed E-state index contributed by atoms with van der Waals surface area (Å²) in [5.74, 6) is -0.333. The molecule has 0 fully saturated rings. The van der Waals surface area contributed by atoms with Crippen LogP contribution < -0.4 is 0 Å². The number of benzene rings is 1. The molecule has 1 aliphatic heterocycles. The standard InChI is InChI=1S/C11H10BrNO3/c12-8-3-1-2-7(4-8)11-13-9(6-16-11)5-10(14)15/h1-4,9H,5-6H2,(H,14,15). The predicted molar refractivity (Wildman–Crippen MR) is 62.7 cm³/mol. The maximum Gasteiger partial charge on any atom is 0.305 e. The smallest absolute Gasteiger partial charge is 0.305 e. The second kappa shape index (κ2) is 4.65. The van der Waals surface area contributed by atoms with E-state index in [0.29, 0.717) is 12.5 Å². The first-order valence-corrected chi connectivity index (χ1v) is 5.63. The van der Waals surface area contributed by atoms with Crippen LogP contribution in [0.3, 0.4) is 0 Å². The highest BCUT2D eigenvalue weighted by Crippen LogP contribution is 2.17. The lowest BCUT2D eigenvalue weighted by Crippen LogP contribution is -2.12. The van der Waals surface area contributed by atoms with Crippen LogP contribution in [0.15, 0.2) is 33.7 Å². The molecule has 0 saturated heterocycles. The van der Waals surface area contributed by atoms with E-state index in [4.69, 9.17) is 9.84 Å². The maximum atomic E-state index is 10.5. The maximum absolute atomic E-state index is 10.5. The van der Waals surface area contributed by atoms with Gasteiger partial charge >= 0.3 is 5.97 Å². The molecule has 0 aromatic heterocycles. The minimum Gasteiger partial charge on any atom is -0.481 e. The lowest BCUT2D eigenvalue weighted by molar-refractivity contribution is -0.137. The van der Waals surface area contributed by atoms with E-state index in [0.717, 1.165) is 10.0 Å². The third kappa shape index (κ3) is 2.61. The highest BCUT2D eigenvalue weighted by atomic mass is 79.9. The molecule has 1 heterocycles. The summed E-state index contributed by atoms with van der Waals surface area (Å²) in [7, 11) is 0. The number of carboxylic acid groups (broad SMARTS) is 1. The van der Waals surface area contributed by atoms with Gasteiger partial charge in [-0.2, -0.15) is 0 Å². The number of hydrogen-bond acceptors (Lipinski definition) is 3. The first-order valence-electron chi connectivity index (χ1n) is 4.83. The zero-order valence-electron chi connectivity index (χ0n) is 8.39. The number of ether oxygens (including phenoxy) is 1. The van der Waals surface area contributed by atoms with Gasteiger partial charge in [0.25, 0.3) is 0 Å². The Balaban J connectivity index is 2.14. The summed E-state index contributed by atoms with van der Waals surface area (Å²) in [6.07, 6.45) is 0.0114. The Morgan fingerprint density at radius 1 is 1.62 bits per heavy atom. The average Bonchev–Trinajstić information content (AvgIpc) is 2.65. The van der Waals surface area contributed by atoms with Gasteiger partial charge in [-0.25, -0.2) is 4.99 Å². The number of carboxylic acids is 1. The molecule has 2 rings (SSSR count). The Kier molecular flexibility index (Phi) is 3.24. The van der Waals surface area contributed by atoms with Crippen molar-refractivity contribution in [3.63, 3.8) is 0 Å². The summed E-state index contributed by atoms with van der Waals surface area (Å²) in [6.45, 7) is 0.341. The normalized spacial score (nSPS) is 19.1. The Morgan fingerprint density at radius 2 is 2.44 bits per heavy atom. The first-order chi connectivity index (χ1) is 7.65. The SMILES string of the molecule is O=C(O)CC1COC(c2cccc(Br)c2)=N1. The summed E-state index contributed by atoms with van der Waals surface area (Å²) in [4.78, 5) is 14.8. The van der Waals surface area contributed by atoms with Crippen molar-refractivity contribution < 1.29 is 14.6 Å². The van der Waals surface area contributed by atoms with Gasteiger partial charge in [-0.05, 0) is 18.2 Å². The zero-order valence-corrected chi connectivity index (χ0v) is 9.98. The van der Waals surface area contributed by atoms with E-state index in [2.05, 4.69) is 20.9 Å². The minimum absolute atomic E-state index is 0.0114. The van der Waals surface area contributed by atoms with Crippen molar-refractivity contribution in [3.8, 4) is 0 Å². The third-order valence-corrected chi connectivity index (χ3v) is 2.69. The number of carbonyl (C=O) groups is 1. The summed E-state index contributed by atoms with van der Waals surface area (Å²) in [5, 5.41) is 8.64. The number of halogens is 1. The Labute approximate surface area is 101 Å². The molecule has 84 valence electrons. The fourth-order valence-electron chi connectivity index (χ4n) is 1.50. The number of aliphatic imine (C=N–C) groups is 1. The van der Waals surface area contributed by atoms with Gasteiger partial charge < -0.3 is 9.84 Å². The quantitative estimate of drug-likeness (QED) is 0.924. The molecule has 1 aromatic carbocycles. The van der Waals surface area contributed by atoms with E-state index < -0.39 is 5.97 Å². The molecule has 0 spiro atoms. The average molecular weight is 284 g/mol. The molecule has 4 nitrogen and oxygen atoms in total. The molecule has 0 saturated carbocycles. The molecule has 0 aliphatic carbocycles. The van der Waals surface area contributed by atoms with Gasteiger partial charge in [0.2, 0.25) is 5.90 Å². The van der Waals surface area contributed by atoms with Gasteiger partial charge in [0, 0.05) is 10.0 Å². The van der Waals surface area contributed by atoms with Crippen molar-refractivity contribution in [2.75, 3.05) is 6.61 Å². The van der Waals surface area contributed by atoms with Crippen molar-refractivity contribution in [1.82, 2.24) is 0 Å². The molecule has 0 radical (unpaired) electrons. The second-order valence-corrected chi connectivity index (χ2v) is 4.42. The molecule has 1 unspecified atom stereocenters. The highest BCUT2D eigenvalue weighted by molar-refractivity contribution is 9.10. The monoisotopic (exact) mass is 283 g/mol. The number of rotatable bonds is 3. The molecule has 1 atom stereocenters. The van der Waals surface area contributed by atoms with E-state index in [9.17, 15) is 4.79 Å². The van der Waals surface area contributed by atoms with Crippen LogP contribution >= 0.6 is 15.9 Å². The van der Waals surface area contributed by atoms with Crippen LogP contribution in [-0.2, 0) is 9.53 Å².